The number of amides is 2. The summed E-state index contributed by atoms with van der Waals surface area (Å²) in [6, 6.07) is 9.69. The minimum atomic E-state index is 0.0314. The van der Waals surface area contributed by atoms with Crippen LogP contribution >= 0.6 is 0 Å². The maximum absolute atomic E-state index is 12.1. The molecule has 0 atom stereocenters. The summed E-state index contributed by atoms with van der Waals surface area (Å²) >= 11 is 0. The zero-order valence-electron chi connectivity index (χ0n) is 11.2. The number of benzene rings is 1. The molecule has 2 amide bonds. The third-order valence-corrected chi connectivity index (χ3v) is 4.14. The molecule has 3 nitrogen and oxygen atoms in total. The first-order valence-electron chi connectivity index (χ1n) is 7.14. The van der Waals surface area contributed by atoms with E-state index in [4.69, 9.17) is 0 Å². The van der Waals surface area contributed by atoms with Crippen molar-refractivity contribution < 1.29 is 4.79 Å². The summed E-state index contributed by atoms with van der Waals surface area (Å²) in [5, 5.41) is 2.95. The molecular formula is C16H20N2O. The van der Waals surface area contributed by atoms with E-state index in [9.17, 15) is 4.79 Å². The third kappa shape index (κ3) is 2.80. The van der Waals surface area contributed by atoms with E-state index in [1.807, 2.05) is 35.2 Å². The number of likely N-dealkylation sites (tertiary alicyclic amines) is 1. The molecule has 1 heterocycles. The number of hydrogen-bond acceptors (Lipinski definition) is 1. The second-order valence-corrected chi connectivity index (χ2v) is 5.34. The summed E-state index contributed by atoms with van der Waals surface area (Å²) in [6.07, 6.45) is 6.09. The summed E-state index contributed by atoms with van der Waals surface area (Å²) in [5.74, 6) is 0. The molecule has 0 spiro atoms. The van der Waals surface area contributed by atoms with Crippen molar-refractivity contribution in [3.8, 4) is 0 Å². The minimum Gasteiger partial charge on any atom is -0.324 e. The summed E-state index contributed by atoms with van der Waals surface area (Å²) in [5.41, 5.74) is 4.16. The van der Waals surface area contributed by atoms with Crippen molar-refractivity contribution in [2.24, 2.45) is 0 Å². The maximum Gasteiger partial charge on any atom is 0.321 e. The SMILES string of the molecule is O=C(Nc1ccccc1)N1CCC(=C2CCC2)CC1. The quantitative estimate of drug-likeness (QED) is 0.762. The van der Waals surface area contributed by atoms with Gasteiger partial charge < -0.3 is 10.2 Å². The lowest BCUT2D eigenvalue weighted by atomic mass is 9.84. The van der Waals surface area contributed by atoms with Crippen molar-refractivity contribution >= 4 is 11.7 Å². The number of hydrogen-bond donors (Lipinski definition) is 1. The topological polar surface area (TPSA) is 32.3 Å². The van der Waals surface area contributed by atoms with Crippen molar-refractivity contribution in [1.29, 1.82) is 0 Å². The maximum atomic E-state index is 12.1. The van der Waals surface area contributed by atoms with Crippen LogP contribution in [0.1, 0.15) is 32.1 Å². The molecule has 1 aliphatic heterocycles. The number of nitrogens with zero attached hydrogens (tertiary/aromatic N) is 1. The Balaban J connectivity index is 1.55. The lowest BCUT2D eigenvalue weighted by Gasteiger charge is -2.32. The molecule has 1 saturated heterocycles. The van der Waals surface area contributed by atoms with Crippen LogP contribution in [0.5, 0.6) is 0 Å². The van der Waals surface area contributed by atoms with Gasteiger partial charge in [0.1, 0.15) is 0 Å². The molecule has 1 aliphatic carbocycles. The van der Waals surface area contributed by atoms with Crippen LogP contribution in [0.4, 0.5) is 10.5 Å². The lowest BCUT2D eigenvalue weighted by molar-refractivity contribution is 0.207. The molecule has 19 heavy (non-hydrogen) atoms. The average molecular weight is 256 g/mol. The van der Waals surface area contributed by atoms with Gasteiger partial charge >= 0.3 is 6.03 Å². The number of nitrogens with one attached hydrogen (secondary N) is 1. The van der Waals surface area contributed by atoms with E-state index >= 15 is 0 Å². The van der Waals surface area contributed by atoms with Gasteiger partial charge in [0.2, 0.25) is 0 Å². The molecule has 0 aromatic heterocycles. The van der Waals surface area contributed by atoms with Crippen LogP contribution in [0.15, 0.2) is 41.5 Å². The van der Waals surface area contributed by atoms with Gasteiger partial charge in [-0.3, -0.25) is 0 Å². The van der Waals surface area contributed by atoms with E-state index in [-0.39, 0.29) is 6.03 Å². The number of para-hydroxylation sites is 1. The molecule has 2 fully saturated rings. The molecule has 0 bridgehead atoms. The van der Waals surface area contributed by atoms with Gasteiger partial charge in [-0.15, -0.1) is 0 Å². The highest BCUT2D eigenvalue weighted by Gasteiger charge is 2.22. The first-order valence-corrected chi connectivity index (χ1v) is 7.14. The van der Waals surface area contributed by atoms with Crippen LogP contribution in [0, 0.1) is 0 Å². The van der Waals surface area contributed by atoms with Gasteiger partial charge in [0, 0.05) is 18.8 Å². The largest absolute Gasteiger partial charge is 0.324 e. The van der Waals surface area contributed by atoms with E-state index < -0.39 is 0 Å². The summed E-state index contributed by atoms with van der Waals surface area (Å²) in [4.78, 5) is 14.1. The van der Waals surface area contributed by atoms with Gasteiger partial charge in [0.25, 0.3) is 0 Å². The second kappa shape index (κ2) is 5.47. The molecule has 2 aliphatic rings. The normalized spacial score (nSPS) is 19.1. The molecule has 1 aromatic rings. The van der Waals surface area contributed by atoms with E-state index in [0.717, 1.165) is 31.6 Å². The van der Waals surface area contributed by atoms with Crippen LogP contribution in [-0.2, 0) is 0 Å². The smallest absolute Gasteiger partial charge is 0.321 e. The molecule has 3 rings (SSSR count). The first kappa shape index (κ1) is 12.3. The highest BCUT2D eigenvalue weighted by molar-refractivity contribution is 5.89. The van der Waals surface area contributed by atoms with Crippen molar-refractivity contribution in [2.75, 3.05) is 18.4 Å². The molecule has 3 heteroatoms. The van der Waals surface area contributed by atoms with Gasteiger partial charge in [-0.25, -0.2) is 4.79 Å². The fourth-order valence-electron chi connectivity index (χ4n) is 2.76. The predicted molar refractivity (Wildman–Crippen MR) is 77.1 cm³/mol. The van der Waals surface area contributed by atoms with Crippen molar-refractivity contribution in [3.05, 3.63) is 41.5 Å². The van der Waals surface area contributed by atoms with Crippen LogP contribution in [-0.4, -0.2) is 24.0 Å². The standard InChI is InChI=1S/C16H20N2O/c19-16(17-15-7-2-1-3-8-15)18-11-9-14(10-12-18)13-5-4-6-13/h1-3,7-8H,4-6,9-12H2,(H,17,19). The second-order valence-electron chi connectivity index (χ2n) is 5.34. The van der Waals surface area contributed by atoms with Crippen LogP contribution < -0.4 is 5.32 Å². The highest BCUT2D eigenvalue weighted by Crippen LogP contribution is 2.33. The van der Waals surface area contributed by atoms with E-state index in [0.29, 0.717) is 0 Å². The Labute approximate surface area is 114 Å². The molecule has 1 N–H and O–H groups in total. The Kier molecular flexibility index (Phi) is 3.53. The lowest BCUT2D eigenvalue weighted by Crippen LogP contribution is -2.39. The fourth-order valence-corrected chi connectivity index (χ4v) is 2.76. The summed E-state index contributed by atoms with van der Waals surface area (Å²) in [6.45, 7) is 1.72. The Bertz CT molecular complexity index is 477. The van der Waals surface area contributed by atoms with E-state index in [2.05, 4.69) is 5.32 Å². The van der Waals surface area contributed by atoms with E-state index in [1.54, 1.807) is 11.1 Å². The van der Waals surface area contributed by atoms with Gasteiger partial charge in [0.05, 0.1) is 0 Å². The van der Waals surface area contributed by atoms with Crippen molar-refractivity contribution in [2.45, 2.75) is 32.1 Å². The van der Waals surface area contributed by atoms with Gasteiger partial charge in [-0.05, 0) is 44.2 Å². The Morgan fingerprint density at radius 2 is 1.58 bits per heavy atom. The third-order valence-electron chi connectivity index (χ3n) is 4.14. The molecule has 0 radical (unpaired) electrons. The monoisotopic (exact) mass is 256 g/mol. The zero-order chi connectivity index (χ0) is 13.1. The molecule has 1 aromatic carbocycles. The fraction of sp³-hybridized carbons (Fsp3) is 0.438. The molecule has 100 valence electrons. The molecular weight excluding hydrogens is 236 g/mol. The first-order chi connectivity index (χ1) is 9.33. The van der Waals surface area contributed by atoms with Gasteiger partial charge in [-0.1, -0.05) is 29.3 Å². The number of allylic oxidation sites excluding steroid dienone is 1. The number of anilines is 1. The average Bonchev–Trinajstić information content (AvgIpc) is 2.39. The summed E-state index contributed by atoms with van der Waals surface area (Å²) in [7, 11) is 0. The van der Waals surface area contributed by atoms with Crippen molar-refractivity contribution in [3.63, 3.8) is 0 Å². The highest BCUT2D eigenvalue weighted by atomic mass is 16.2. The Hall–Kier alpha value is -1.77. The number of carbonyl (C=O) groups is 1. The number of rotatable bonds is 1. The predicted octanol–water partition coefficient (Wildman–Crippen LogP) is 3.79. The zero-order valence-corrected chi connectivity index (χ0v) is 11.2. The van der Waals surface area contributed by atoms with Crippen LogP contribution in [0.25, 0.3) is 0 Å². The number of carbonyl (C=O) groups excluding carboxylic acids is 1. The minimum absolute atomic E-state index is 0.0314. The van der Waals surface area contributed by atoms with Crippen molar-refractivity contribution in [1.82, 2.24) is 4.90 Å². The Morgan fingerprint density at radius 1 is 0.947 bits per heavy atom. The molecule has 1 saturated carbocycles. The van der Waals surface area contributed by atoms with E-state index in [1.165, 1.54) is 19.3 Å². The van der Waals surface area contributed by atoms with Crippen LogP contribution in [0.2, 0.25) is 0 Å². The number of urea groups is 1. The van der Waals surface area contributed by atoms with Gasteiger partial charge in [0.15, 0.2) is 0 Å². The van der Waals surface area contributed by atoms with Gasteiger partial charge in [-0.2, -0.15) is 0 Å². The van der Waals surface area contributed by atoms with Crippen LogP contribution in [0.3, 0.4) is 0 Å². The summed E-state index contributed by atoms with van der Waals surface area (Å²) < 4.78 is 0. The molecule has 0 unspecified atom stereocenters. The number of piperidine rings is 1. The Morgan fingerprint density at radius 3 is 2.16 bits per heavy atom.